The first-order valence-corrected chi connectivity index (χ1v) is 10.6. The van der Waals surface area contributed by atoms with Crippen LogP contribution in [0.2, 0.25) is 0 Å². The molecule has 1 aliphatic rings. The highest BCUT2D eigenvalue weighted by Crippen LogP contribution is 2.06. The number of likely N-dealkylation sites (N-methyl/N-ethyl adjacent to an activating group) is 1. The van der Waals surface area contributed by atoms with E-state index >= 15 is 0 Å². The average molecular weight is 388 g/mol. The Kier molecular flexibility index (Phi) is 13.6. The minimum atomic E-state index is -0.502. The minimum absolute atomic E-state index is 0.0340. The molecule has 1 saturated heterocycles. The summed E-state index contributed by atoms with van der Waals surface area (Å²) < 4.78 is 0. The fourth-order valence-electron chi connectivity index (χ4n) is 3.02. The van der Waals surface area contributed by atoms with Crippen molar-refractivity contribution in [3.05, 3.63) is 0 Å². The van der Waals surface area contributed by atoms with E-state index in [2.05, 4.69) is 38.8 Å². The number of hydrogen-bond acceptors (Lipinski definition) is 6. The largest absolute Gasteiger partial charge is 0.357 e. The molecule has 152 valence electrons. The maximum Gasteiger partial charge on any atom is 0.243 e. The molecule has 4 N–H and O–H groups in total. The molecule has 26 heavy (non-hydrogen) atoms. The number of nitrogens with zero attached hydrogens (tertiary/aromatic N) is 1. The van der Waals surface area contributed by atoms with Crippen LogP contribution in [0.15, 0.2) is 0 Å². The molecule has 8 heteroatoms. The third-order valence-corrected chi connectivity index (χ3v) is 4.91. The van der Waals surface area contributed by atoms with Crippen molar-refractivity contribution < 1.29 is 9.59 Å². The second-order valence-electron chi connectivity index (χ2n) is 6.78. The third kappa shape index (κ3) is 11.0. The molecule has 0 bridgehead atoms. The second-order valence-corrected chi connectivity index (χ2v) is 7.22. The molecule has 0 aromatic heterocycles. The number of rotatable bonds is 11. The van der Waals surface area contributed by atoms with E-state index in [0.29, 0.717) is 13.0 Å². The smallest absolute Gasteiger partial charge is 0.243 e. The summed E-state index contributed by atoms with van der Waals surface area (Å²) in [6.07, 6.45) is 5.85. The molecular weight excluding hydrogens is 350 g/mol. The Hall–Kier alpha value is -0.830. The minimum Gasteiger partial charge on any atom is -0.357 e. The lowest BCUT2D eigenvalue weighted by Crippen LogP contribution is -2.53. The zero-order valence-corrected chi connectivity index (χ0v) is 17.1. The van der Waals surface area contributed by atoms with Gasteiger partial charge in [0.15, 0.2) is 0 Å². The molecule has 0 saturated carbocycles. The van der Waals surface area contributed by atoms with Crippen LogP contribution in [0.4, 0.5) is 0 Å². The van der Waals surface area contributed by atoms with Gasteiger partial charge in [-0.2, -0.15) is 12.6 Å². The predicted molar refractivity (Wildman–Crippen MR) is 110 cm³/mol. The van der Waals surface area contributed by atoms with E-state index < -0.39 is 6.04 Å². The van der Waals surface area contributed by atoms with Gasteiger partial charge in [0.2, 0.25) is 11.8 Å². The number of carbonyl (C=O) groups excluding carboxylic acids is 2. The maximum atomic E-state index is 12.2. The van der Waals surface area contributed by atoms with Crippen LogP contribution in [-0.4, -0.2) is 81.4 Å². The second kappa shape index (κ2) is 15.2. The van der Waals surface area contributed by atoms with Gasteiger partial charge in [0.25, 0.3) is 0 Å². The van der Waals surface area contributed by atoms with E-state index in [-0.39, 0.29) is 11.8 Å². The summed E-state index contributed by atoms with van der Waals surface area (Å²) in [6.45, 7) is 5.97. The van der Waals surface area contributed by atoms with Crippen molar-refractivity contribution >= 4 is 24.4 Å². The van der Waals surface area contributed by atoms with Crippen molar-refractivity contribution in [3.8, 4) is 0 Å². The molecule has 1 fully saturated rings. The Balaban J connectivity index is 2.39. The van der Waals surface area contributed by atoms with Crippen LogP contribution in [-0.2, 0) is 9.59 Å². The molecule has 0 aliphatic carbocycles. The molecule has 2 amide bonds. The van der Waals surface area contributed by atoms with E-state index in [1.54, 1.807) is 7.05 Å². The van der Waals surface area contributed by atoms with Crippen LogP contribution in [0.5, 0.6) is 0 Å². The molecule has 0 spiro atoms. The summed E-state index contributed by atoms with van der Waals surface area (Å²) in [5.74, 6) is 0.761. The van der Waals surface area contributed by atoms with Crippen LogP contribution in [0.1, 0.15) is 38.5 Å². The van der Waals surface area contributed by atoms with E-state index in [1.165, 1.54) is 6.42 Å². The Morgan fingerprint density at radius 1 is 1.00 bits per heavy atom. The molecule has 1 atom stereocenters. The quantitative estimate of drug-likeness (QED) is 0.254. The highest BCUT2D eigenvalue weighted by molar-refractivity contribution is 7.80. The number of unbranched alkanes of at least 4 members (excludes halogenated alkanes) is 4. The number of nitrogens with one attached hydrogen (secondary N) is 4. The van der Waals surface area contributed by atoms with E-state index in [9.17, 15) is 9.59 Å². The fourth-order valence-corrected chi connectivity index (χ4v) is 3.24. The Morgan fingerprint density at radius 2 is 1.62 bits per heavy atom. The fraction of sp³-hybridized carbons (Fsp3) is 0.889. The van der Waals surface area contributed by atoms with Gasteiger partial charge in [-0.3, -0.25) is 14.5 Å². The molecule has 1 rings (SSSR count). The monoisotopic (exact) mass is 387 g/mol. The highest BCUT2D eigenvalue weighted by Gasteiger charge is 2.22. The first kappa shape index (κ1) is 23.2. The normalized spacial score (nSPS) is 17.6. The molecule has 7 nitrogen and oxygen atoms in total. The van der Waals surface area contributed by atoms with Gasteiger partial charge < -0.3 is 21.3 Å². The van der Waals surface area contributed by atoms with Crippen molar-refractivity contribution in [2.45, 2.75) is 44.6 Å². The van der Waals surface area contributed by atoms with Crippen molar-refractivity contribution in [2.75, 3.05) is 58.6 Å². The van der Waals surface area contributed by atoms with Gasteiger partial charge in [-0.15, -0.1) is 0 Å². The van der Waals surface area contributed by atoms with Crippen molar-refractivity contribution in [1.29, 1.82) is 0 Å². The summed E-state index contributed by atoms with van der Waals surface area (Å²) in [5.41, 5.74) is 0. The Bertz CT molecular complexity index is 388. The zero-order chi connectivity index (χ0) is 19.0. The third-order valence-electron chi connectivity index (χ3n) is 4.59. The van der Waals surface area contributed by atoms with Crippen molar-refractivity contribution in [2.24, 2.45) is 0 Å². The topological polar surface area (TPSA) is 85.5 Å². The van der Waals surface area contributed by atoms with Crippen molar-refractivity contribution in [3.63, 3.8) is 0 Å². The van der Waals surface area contributed by atoms with E-state index in [0.717, 1.165) is 70.7 Å². The van der Waals surface area contributed by atoms with Crippen LogP contribution < -0.4 is 21.3 Å². The molecule has 0 unspecified atom stereocenters. The molecular formula is C18H37N5O2S. The van der Waals surface area contributed by atoms with Crippen LogP contribution in [0, 0.1) is 0 Å². The lowest BCUT2D eigenvalue weighted by molar-refractivity contribution is -0.129. The molecule has 0 radical (unpaired) electrons. The number of thiol groups is 1. The van der Waals surface area contributed by atoms with Gasteiger partial charge >= 0.3 is 0 Å². The van der Waals surface area contributed by atoms with Crippen LogP contribution >= 0.6 is 12.6 Å². The summed E-state index contributed by atoms with van der Waals surface area (Å²) in [6, 6.07) is -0.502. The van der Waals surface area contributed by atoms with E-state index in [1.807, 2.05) is 0 Å². The van der Waals surface area contributed by atoms with E-state index in [4.69, 9.17) is 0 Å². The van der Waals surface area contributed by atoms with Gasteiger partial charge in [0, 0.05) is 59.3 Å². The molecule has 1 aliphatic heterocycles. The lowest BCUT2D eigenvalue weighted by atomic mass is 10.1. The average Bonchev–Trinajstić information content (AvgIpc) is 2.77. The number of carbonyl (C=O) groups is 2. The van der Waals surface area contributed by atoms with Gasteiger partial charge in [-0.1, -0.05) is 19.3 Å². The first-order chi connectivity index (χ1) is 12.7. The van der Waals surface area contributed by atoms with Gasteiger partial charge in [0.05, 0.1) is 0 Å². The summed E-state index contributed by atoms with van der Waals surface area (Å²) in [5, 5.41) is 12.3. The Labute approximate surface area is 163 Å². The maximum absolute atomic E-state index is 12.2. The molecule has 0 aromatic carbocycles. The highest BCUT2D eigenvalue weighted by atomic mass is 32.1. The zero-order valence-electron chi connectivity index (χ0n) is 16.2. The summed E-state index contributed by atoms with van der Waals surface area (Å²) >= 11 is 4.20. The Morgan fingerprint density at radius 3 is 2.23 bits per heavy atom. The van der Waals surface area contributed by atoms with Gasteiger partial charge in [-0.05, 0) is 18.6 Å². The predicted octanol–water partition coefficient (Wildman–Crippen LogP) is -0.0176. The summed E-state index contributed by atoms with van der Waals surface area (Å²) in [4.78, 5) is 26.7. The van der Waals surface area contributed by atoms with Gasteiger partial charge in [-0.25, -0.2) is 0 Å². The van der Waals surface area contributed by atoms with Crippen LogP contribution in [0.3, 0.4) is 0 Å². The SMILES string of the molecule is CNC(=O)[C@H](CN1CCNCCNCC1)NC(=O)CCCCCCCS. The van der Waals surface area contributed by atoms with Gasteiger partial charge in [0.1, 0.15) is 6.04 Å². The lowest BCUT2D eigenvalue weighted by Gasteiger charge is -2.27. The van der Waals surface area contributed by atoms with Crippen LogP contribution in [0.25, 0.3) is 0 Å². The number of hydrogen-bond donors (Lipinski definition) is 5. The summed E-state index contributed by atoms with van der Waals surface area (Å²) in [7, 11) is 1.62. The molecule has 0 aromatic rings. The molecule has 1 heterocycles. The van der Waals surface area contributed by atoms with Crippen molar-refractivity contribution in [1.82, 2.24) is 26.2 Å². The number of amides is 2. The standard InChI is InChI=1S/C18H37N5O2S/c1-19-18(25)16(15-23-12-10-20-8-9-21-11-13-23)22-17(24)7-5-3-2-4-6-14-26/h16,20-21,26H,2-15H2,1H3,(H,19,25)(H,22,24)/t16-/m0/s1. The first-order valence-electron chi connectivity index (χ1n) is 9.93.